The summed E-state index contributed by atoms with van der Waals surface area (Å²) in [5.41, 5.74) is 6.59. The van der Waals surface area contributed by atoms with Gasteiger partial charge in [0.1, 0.15) is 12.3 Å². The van der Waals surface area contributed by atoms with Gasteiger partial charge in [0.2, 0.25) is 5.91 Å². The maximum atomic E-state index is 12.1. The molecular formula is C13H22N4O4. The molecule has 1 saturated carbocycles. The third kappa shape index (κ3) is 4.15. The molecule has 1 aromatic rings. The minimum Gasteiger partial charge on any atom is -0.472 e. The maximum Gasteiger partial charge on any atom is 0.278 e. The Hall–Kier alpha value is -1.67. The molecule has 1 amide bonds. The number of hydrogen-bond donors (Lipinski definition) is 2. The van der Waals surface area contributed by atoms with Crippen molar-refractivity contribution in [1.29, 1.82) is 0 Å². The third-order valence-electron chi connectivity index (χ3n) is 3.76. The van der Waals surface area contributed by atoms with Gasteiger partial charge in [-0.2, -0.15) is 0 Å². The summed E-state index contributed by atoms with van der Waals surface area (Å²) < 4.78 is 15.1. The number of hydrogen-bond acceptors (Lipinski definition) is 7. The molecular weight excluding hydrogens is 276 g/mol. The quantitative estimate of drug-likeness (QED) is 0.711. The van der Waals surface area contributed by atoms with Crippen molar-refractivity contribution >= 4 is 5.91 Å². The van der Waals surface area contributed by atoms with Gasteiger partial charge in [0.15, 0.2) is 0 Å². The number of aryl methyl sites for hydroxylation is 1. The van der Waals surface area contributed by atoms with Crippen LogP contribution in [0.3, 0.4) is 0 Å². The van der Waals surface area contributed by atoms with Crippen LogP contribution in [0.1, 0.15) is 25.0 Å². The van der Waals surface area contributed by atoms with E-state index in [2.05, 4.69) is 20.3 Å². The molecule has 3 atom stereocenters. The summed E-state index contributed by atoms with van der Waals surface area (Å²) in [5, 5.41) is 10.1. The van der Waals surface area contributed by atoms with Gasteiger partial charge in [0.25, 0.3) is 5.88 Å². The molecule has 0 spiro atoms. The SMILES string of the molecule is CO[C@@H]1CC[C@H](C(=O)NCCOc2nonc2C)C[C@H]1N. The first-order chi connectivity index (χ1) is 10.1. The molecule has 1 aliphatic rings. The van der Waals surface area contributed by atoms with E-state index in [1.807, 2.05) is 0 Å². The maximum absolute atomic E-state index is 12.1. The van der Waals surface area contributed by atoms with Gasteiger partial charge in [-0.1, -0.05) is 5.16 Å². The van der Waals surface area contributed by atoms with Crippen LogP contribution in [0.2, 0.25) is 0 Å². The zero-order chi connectivity index (χ0) is 15.2. The Kier molecular flexibility index (Phi) is 5.51. The van der Waals surface area contributed by atoms with E-state index >= 15 is 0 Å². The number of nitrogens with one attached hydrogen (secondary N) is 1. The summed E-state index contributed by atoms with van der Waals surface area (Å²) >= 11 is 0. The molecule has 2 rings (SSSR count). The minimum atomic E-state index is -0.0837. The smallest absolute Gasteiger partial charge is 0.278 e. The molecule has 8 nitrogen and oxygen atoms in total. The molecule has 21 heavy (non-hydrogen) atoms. The number of carbonyl (C=O) groups is 1. The molecule has 1 heterocycles. The van der Waals surface area contributed by atoms with E-state index in [1.54, 1.807) is 14.0 Å². The van der Waals surface area contributed by atoms with Gasteiger partial charge in [0, 0.05) is 19.1 Å². The molecule has 1 aromatic heterocycles. The zero-order valence-electron chi connectivity index (χ0n) is 12.4. The number of aromatic nitrogens is 2. The summed E-state index contributed by atoms with van der Waals surface area (Å²) in [6, 6.07) is -0.0837. The topological polar surface area (TPSA) is 112 Å². The molecule has 0 aromatic carbocycles. The second kappa shape index (κ2) is 7.37. The number of methoxy groups -OCH3 is 1. The normalized spacial score (nSPS) is 25.6. The van der Waals surface area contributed by atoms with Crippen LogP contribution in [0.25, 0.3) is 0 Å². The Balaban J connectivity index is 1.67. The average molecular weight is 298 g/mol. The third-order valence-corrected chi connectivity index (χ3v) is 3.76. The van der Waals surface area contributed by atoms with Gasteiger partial charge in [-0.15, -0.1) is 0 Å². The minimum absolute atomic E-state index is 0.0126. The van der Waals surface area contributed by atoms with E-state index < -0.39 is 0 Å². The van der Waals surface area contributed by atoms with Crippen LogP contribution >= 0.6 is 0 Å². The fourth-order valence-electron chi connectivity index (χ4n) is 2.53. The molecule has 0 bridgehead atoms. The second-order valence-corrected chi connectivity index (χ2v) is 5.24. The summed E-state index contributed by atoms with van der Waals surface area (Å²) in [6.45, 7) is 2.46. The lowest BCUT2D eigenvalue weighted by Crippen LogP contribution is -2.46. The average Bonchev–Trinajstić information content (AvgIpc) is 2.88. The molecule has 8 heteroatoms. The van der Waals surface area contributed by atoms with E-state index in [4.69, 9.17) is 15.2 Å². The van der Waals surface area contributed by atoms with E-state index in [1.165, 1.54) is 0 Å². The number of nitrogens with two attached hydrogens (primary N) is 1. The van der Waals surface area contributed by atoms with Gasteiger partial charge < -0.3 is 20.5 Å². The first-order valence-corrected chi connectivity index (χ1v) is 7.10. The summed E-state index contributed by atoms with van der Waals surface area (Å²) in [7, 11) is 1.66. The van der Waals surface area contributed by atoms with Gasteiger partial charge in [-0.25, -0.2) is 4.63 Å². The summed E-state index contributed by atoms with van der Waals surface area (Å²) in [4.78, 5) is 12.1. The number of nitrogens with zero attached hydrogens (tertiary/aromatic N) is 2. The standard InChI is InChI=1S/C13H22N4O4/c1-8-13(17-21-16-8)20-6-5-15-12(18)9-3-4-11(19-2)10(14)7-9/h9-11H,3-7,14H2,1-2H3,(H,15,18)/t9-,10+,11+/m0/s1. The fourth-order valence-corrected chi connectivity index (χ4v) is 2.53. The highest BCUT2D eigenvalue weighted by Crippen LogP contribution is 2.25. The van der Waals surface area contributed by atoms with E-state index in [9.17, 15) is 4.79 Å². The van der Waals surface area contributed by atoms with Crippen molar-refractivity contribution < 1.29 is 18.9 Å². The Morgan fingerprint density at radius 2 is 2.29 bits per heavy atom. The van der Waals surface area contributed by atoms with Crippen LogP contribution in [0, 0.1) is 12.8 Å². The first kappa shape index (κ1) is 15.7. The van der Waals surface area contributed by atoms with Gasteiger partial charge in [0.05, 0.1) is 12.6 Å². The van der Waals surface area contributed by atoms with Crippen LogP contribution in [0.5, 0.6) is 5.88 Å². The molecule has 118 valence electrons. The van der Waals surface area contributed by atoms with Crippen molar-refractivity contribution in [2.24, 2.45) is 11.7 Å². The Morgan fingerprint density at radius 1 is 1.48 bits per heavy atom. The van der Waals surface area contributed by atoms with Crippen LogP contribution in [-0.4, -0.2) is 48.6 Å². The molecule has 0 radical (unpaired) electrons. The van der Waals surface area contributed by atoms with E-state index in [0.717, 1.165) is 12.8 Å². The van der Waals surface area contributed by atoms with Gasteiger partial charge in [-0.05, 0) is 31.3 Å². The van der Waals surface area contributed by atoms with E-state index in [-0.39, 0.29) is 24.0 Å². The van der Waals surface area contributed by atoms with Crippen molar-refractivity contribution in [2.45, 2.75) is 38.3 Å². The van der Waals surface area contributed by atoms with Gasteiger partial charge in [-0.3, -0.25) is 4.79 Å². The van der Waals surface area contributed by atoms with Crippen molar-refractivity contribution in [3.05, 3.63) is 5.69 Å². The highest BCUT2D eigenvalue weighted by Gasteiger charge is 2.31. The van der Waals surface area contributed by atoms with Gasteiger partial charge >= 0.3 is 0 Å². The number of amides is 1. The highest BCUT2D eigenvalue weighted by atomic mass is 16.6. The van der Waals surface area contributed by atoms with Crippen molar-refractivity contribution in [3.8, 4) is 5.88 Å². The second-order valence-electron chi connectivity index (χ2n) is 5.24. The molecule has 0 aliphatic heterocycles. The van der Waals surface area contributed by atoms with Crippen LogP contribution in [0.15, 0.2) is 4.63 Å². The lowest BCUT2D eigenvalue weighted by molar-refractivity contribution is -0.127. The highest BCUT2D eigenvalue weighted by molar-refractivity contribution is 5.78. The number of carbonyl (C=O) groups excluding carboxylic acids is 1. The lowest BCUT2D eigenvalue weighted by atomic mass is 9.83. The lowest BCUT2D eigenvalue weighted by Gasteiger charge is -2.32. The van der Waals surface area contributed by atoms with Crippen LogP contribution in [0.4, 0.5) is 0 Å². The van der Waals surface area contributed by atoms with E-state index in [0.29, 0.717) is 31.1 Å². The Bertz CT molecular complexity index is 465. The monoisotopic (exact) mass is 298 g/mol. The zero-order valence-corrected chi connectivity index (χ0v) is 12.4. The summed E-state index contributed by atoms with van der Waals surface area (Å²) in [5.74, 6) is 0.312. The fraction of sp³-hybridized carbons (Fsp3) is 0.769. The first-order valence-electron chi connectivity index (χ1n) is 7.10. The molecule has 1 fully saturated rings. The van der Waals surface area contributed by atoms with Crippen LogP contribution < -0.4 is 15.8 Å². The predicted octanol–water partition coefficient (Wildman–Crippen LogP) is 0.0154. The number of rotatable bonds is 6. The Morgan fingerprint density at radius 3 is 2.90 bits per heavy atom. The van der Waals surface area contributed by atoms with Crippen molar-refractivity contribution in [3.63, 3.8) is 0 Å². The summed E-state index contributed by atoms with van der Waals surface area (Å²) in [6.07, 6.45) is 2.32. The molecule has 0 unspecified atom stereocenters. The molecule has 3 N–H and O–H groups in total. The van der Waals surface area contributed by atoms with Crippen molar-refractivity contribution in [1.82, 2.24) is 15.6 Å². The molecule has 0 saturated heterocycles. The molecule has 1 aliphatic carbocycles. The largest absolute Gasteiger partial charge is 0.472 e. The van der Waals surface area contributed by atoms with Crippen LogP contribution in [-0.2, 0) is 9.53 Å². The van der Waals surface area contributed by atoms with Crippen molar-refractivity contribution in [2.75, 3.05) is 20.3 Å². The number of ether oxygens (including phenoxy) is 2. The predicted molar refractivity (Wildman–Crippen MR) is 73.7 cm³/mol. The Labute approximate surface area is 123 Å².